The lowest BCUT2D eigenvalue weighted by atomic mass is 10.3. The number of anilines is 1. The maximum absolute atomic E-state index is 5.14. The van der Waals surface area contributed by atoms with Crippen LogP contribution in [0.15, 0.2) is 18.3 Å². The Bertz CT molecular complexity index is 311. The van der Waals surface area contributed by atoms with Crippen molar-refractivity contribution in [3.63, 3.8) is 0 Å². The van der Waals surface area contributed by atoms with E-state index in [-0.39, 0.29) is 0 Å². The van der Waals surface area contributed by atoms with E-state index < -0.39 is 0 Å². The van der Waals surface area contributed by atoms with Gasteiger partial charge in [-0.3, -0.25) is 0 Å². The highest BCUT2D eigenvalue weighted by molar-refractivity contribution is 7.99. The van der Waals surface area contributed by atoms with E-state index in [4.69, 9.17) is 4.74 Å². The Morgan fingerprint density at radius 2 is 2.38 bits per heavy atom. The summed E-state index contributed by atoms with van der Waals surface area (Å²) >= 11 is 1.95. The van der Waals surface area contributed by atoms with Crippen LogP contribution in [0.3, 0.4) is 0 Å². The predicted molar refractivity (Wildman–Crippen MR) is 68.9 cm³/mol. The van der Waals surface area contributed by atoms with Gasteiger partial charge < -0.3 is 10.1 Å². The van der Waals surface area contributed by atoms with Gasteiger partial charge in [-0.05, 0) is 18.1 Å². The first-order chi connectivity index (χ1) is 7.88. The first-order valence-corrected chi connectivity index (χ1v) is 6.81. The maximum atomic E-state index is 5.14. The molecular formula is C12H18N2OS. The molecule has 1 N–H and O–H groups in total. The number of hydrogen-bond donors (Lipinski definition) is 1. The van der Waals surface area contributed by atoms with Crippen molar-refractivity contribution in [1.29, 1.82) is 0 Å². The molecule has 0 aromatic carbocycles. The molecule has 16 heavy (non-hydrogen) atoms. The quantitative estimate of drug-likeness (QED) is 0.826. The molecule has 1 aliphatic heterocycles. The van der Waals surface area contributed by atoms with Crippen molar-refractivity contribution in [3.8, 4) is 0 Å². The van der Waals surface area contributed by atoms with Gasteiger partial charge >= 0.3 is 0 Å². The first-order valence-electron chi connectivity index (χ1n) is 5.76. The summed E-state index contributed by atoms with van der Waals surface area (Å²) in [6, 6.07) is 4.21. The molecule has 0 aliphatic carbocycles. The standard InChI is InChI=1S/C12H18N2OS/c1-2-5-13-12-4-3-10(6-14-12)9-16-11-7-15-8-11/h3-4,6,11H,2,5,7-9H2,1H3,(H,13,14). The number of pyridine rings is 1. The number of nitrogens with zero attached hydrogens (tertiary/aromatic N) is 1. The third-order valence-electron chi connectivity index (χ3n) is 2.47. The summed E-state index contributed by atoms with van der Waals surface area (Å²) in [5, 5.41) is 3.96. The molecule has 0 bridgehead atoms. The van der Waals surface area contributed by atoms with Gasteiger partial charge in [0.1, 0.15) is 5.82 Å². The molecule has 1 aromatic rings. The minimum absolute atomic E-state index is 0.692. The van der Waals surface area contributed by atoms with Crippen LogP contribution in [0.1, 0.15) is 18.9 Å². The highest BCUT2D eigenvalue weighted by atomic mass is 32.2. The maximum Gasteiger partial charge on any atom is 0.125 e. The van der Waals surface area contributed by atoms with Crippen LogP contribution in [-0.4, -0.2) is 30.0 Å². The van der Waals surface area contributed by atoms with Crippen LogP contribution in [0.25, 0.3) is 0 Å². The Balaban J connectivity index is 1.76. The number of aromatic nitrogens is 1. The molecule has 1 aromatic heterocycles. The van der Waals surface area contributed by atoms with E-state index in [2.05, 4.69) is 29.4 Å². The molecule has 0 radical (unpaired) electrons. The normalized spacial score (nSPS) is 15.8. The first kappa shape index (κ1) is 11.7. The summed E-state index contributed by atoms with van der Waals surface area (Å²) in [6.07, 6.45) is 3.09. The van der Waals surface area contributed by atoms with Crippen LogP contribution >= 0.6 is 11.8 Å². The summed E-state index contributed by atoms with van der Waals surface area (Å²) < 4.78 is 5.14. The SMILES string of the molecule is CCCNc1ccc(CSC2COC2)cn1. The minimum atomic E-state index is 0.692. The number of nitrogens with one attached hydrogen (secondary N) is 1. The van der Waals surface area contributed by atoms with Gasteiger partial charge in [0.25, 0.3) is 0 Å². The van der Waals surface area contributed by atoms with Gasteiger partial charge in [0.05, 0.1) is 18.5 Å². The average molecular weight is 238 g/mol. The zero-order valence-electron chi connectivity index (χ0n) is 9.61. The number of hydrogen-bond acceptors (Lipinski definition) is 4. The summed E-state index contributed by atoms with van der Waals surface area (Å²) in [6.45, 7) is 4.96. The van der Waals surface area contributed by atoms with Crippen LogP contribution < -0.4 is 5.32 Å². The summed E-state index contributed by atoms with van der Waals surface area (Å²) in [4.78, 5) is 4.38. The number of ether oxygens (including phenoxy) is 1. The van der Waals surface area contributed by atoms with Crippen molar-refractivity contribution >= 4 is 17.6 Å². The third-order valence-corrected chi connectivity index (χ3v) is 3.72. The summed E-state index contributed by atoms with van der Waals surface area (Å²) in [5.41, 5.74) is 1.29. The molecule has 1 saturated heterocycles. The fourth-order valence-corrected chi connectivity index (χ4v) is 2.38. The molecule has 0 saturated carbocycles. The lowest BCUT2D eigenvalue weighted by Crippen LogP contribution is -2.30. The second-order valence-corrected chi connectivity index (χ2v) is 5.24. The van der Waals surface area contributed by atoms with E-state index in [0.717, 1.165) is 37.8 Å². The summed E-state index contributed by atoms with van der Waals surface area (Å²) in [7, 11) is 0. The van der Waals surface area contributed by atoms with E-state index in [1.807, 2.05) is 18.0 Å². The van der Waals surface area contributed by atoms with Crippen LogP contribution in [0.4, 0.5) is 5.82 Å². The minimum Gasteiger partial charge on any atom is -0.379 e. The molecule has 2 heterocycles. The van der Waals surface area contributed by atoms with Gasteiger partial charge in [0.2, 0.25) is 0 Å². The molecule has 4 heteroatoms. The van der Waals surface area contributed by atoms with Gasteiger partial charge in [0.15, 0.2) is 0 Å². The van der Waals surface area contributed by atoms with Crippen molar-refractivity contribution in [2.24, 2.45) is 0 Å². The topological polar surface area (TPSA) is 34.1 Å². The van der Waals surface area contributed by atoms with Gasteiger partial charge in [-0.2, -0.15) is 0 Å². The molecule has 2 rings (SSSR count). The molecule has 0 atom stereocenters. The van der Waals surface area contributed by atoms with E-state index in [1.54, 1.807) is 0 Å². The van der Waals surface area contributed by atoms with E-state index in [0.29, 0.717) is 5.25 Å². The van der Waals surface area contributed by atoms with E-state index >= 15 is 0 Å². The Morgan fingerprint density at radius 1 is 1.50 bits per heavy atom. The van der Waals surface area contributed by atoms with Crippen molar-refractivity contribution in [2.45, 2.75) is 24.3 Å². The van der Waals surface area contributed by atoms with E-state index in [9.17, 15) is 0 Å². The van der Waals surface area contributed by atoms with Gasteiger partial charge in [-0.1, -0.05) is 13.0 Å². The Hall–Kier alpha value is -0.740. The highest BCUT2D eigenvalue weighted by Gasteiger charge is 2.18. The van der Waals surface area contributed by atoms with Crippen molar-refractivity contribution in [3.05, 3.63) is 23.9 Å². The molecule has 3 nitrogen and oxygen atoms in total. The molecule has 1 aliphatic rings. The molecule has 0 amide bonds. The molecule has 0 unspecified atom stereocenters. The van der Waals surface area contributed by atoms with Crippen LogP contribution in [-0.2, 0) is 10.5 Å². The smallest absolute Gasteiger partial charge is 0.125 e. The van der Waals surface area contributed by atoms with Crippen LogP contribution in [0.5, 0.6) is 0 Å². The number of thioether (sulfide) groups is 1. The fourth-order valence-electron chi connectivity index (χ4n) is 1.39. The van der Waals surface area contributed by atoms with Crippen molar-refractivity contribution < 1.29 is 4.74 Å². The second-order valence-electron chi connectivity index (χ2n) is 3.95. The highest BCUT2D eigenvalue weighted by Crippen LogP contribution is 2.23. The largest absolute Gasteiger partial charge is 0.379 e. The number of rotatable bonds is 6. The van der Waals surface area contributed by atoms with Crippen LogP contribution in [0, 0.1) is 0 Å². The molecule has 1 fully saturated rings. The molecule has 88 valence electrons. The van der Waals surface area contributed by atoms with Gasteiger partial charge in [0, 0.05) is 18.5 Å². The zero-order chi connectivity index (χ0) is 11.2. The Labute approximate surface area is 101 Å². The summed E-state index contributed by atoms with van der Waals surface area (Å²) in [5.74, 6) is 2.01. The lowest BCUT2D eigenvalue weighted by molar-refractivity contribution is 0.0455. The average Bonchev–Trinajstić information content (AvgIpc) is 2.26. The monoisotopic (exact) mass is 238 g/mol. The van der Waals surface area contributed by atoms with E-state index in [1.165, 1.54) is 5.56 Å². The lowest BCUT2D eigenvalue weighted by Gasteiger charge is -2.25. The van der Waals surface area contributed by atoms with Gasteiger partial charge in [-0.15, -0.1) is 11.8 Å². The Morgan fingerprint density at radius 3 is 2.94 bits per heavy atom. The predicted octanol–water partition coefficient (Wildman–Crippen LogP) is 2.54. The Kier molecular flexibility index (Phi) is 4.48. The van der Waals surface area contributed by atoms with Gasteiger partial charge in [-0.25, -0.2) is 4.98 Å². The van der Waals surface area contributed by atoms with Crippen molar-refractivity contribution in [2.75, 3.05) is 25.1 Å². The second kappa shape index (κ2) is 6.11. The molecular weight excluding hydrogens is 220 g/mol. The third kappa shape index (κ3) is 3.39. The van der Waals surface area contributed by atoms with Crippen LogP contribution in [0.2, 0.25) is 0 Å². The molecule has 0 spiro atoms. The fraction of sp³-hybridized carbons (Fsp3) is 0.583. The van der Waals surface area contributed by atoms with Crippen molar-refractivity contribution in [1.82, 2.24) is 4.98 Å². The zero-order valence-corrected chi connectivity index (χ0v) is 10.4.